The van der Waals surface area contributed by atoms with Crippen LogP contribution >= 0.6 is 15.9 Å². The van der Waals surface area contributed by atoms with E-state index in [9.17, 15) is 9.18 Å². The Bertz CT molecular complexity index is 708. The Hall–Kier alpha value is -2.08. The average molecular weight is 396 g/mol. The van der Waals surface area contributed by atoms with Gasteiger partial charge in [-0.25, -0.2) is 4.39 Å². The van der Waals surface area contributed by atoms with E-state index in [1.165, 1.54) is 6.07 Å². The van der Waals surface area contributed by atoms with Crippen molar-refractivity contribution in [2.24, 2.45) is 0 Å². The third kappa shape index (κ3) is 4.71. The zero-order chi connectivity index (χ0) is 17.5. The molecule has 0 aliphatic rings. The minimum absolute atomic E-state index is 0.135. The van der Waals surface area contributed by atoms with Crippen LogP contribution in [-0.2, 0) is 11.3 Å². The molecule has 0 radical (unpaired) electrons. The number of hydrogen-bond acceptors (Lipinski definition) is 3. The number of para-hydroxylation sites is 2. The summed E-state index contributed by atoms with van der Waals surface area (Å²) in [5, 5.41) is 0. The number of methoxy groups -OCH3 is 1. The van der Waals surface area contributed by atoms with Crippen molar-refractivity contribution < 1.29 is 18.7 Å². The summed E-state index contributed by atoms with van der Waals surface area (Å²) in [5.74, 6) is 0.502. The maximum Gasteiger partial charge on any atom is 0.260 e. The zero-order valence-corrected chi connectivity index (χ0v) is 15.2. The summed E-state index contributed by atoms with van der Waals surface area (Å²) >= 11 is 3.31. The van der Waals surface area contributed by atoms with Gasteiger partial charge in [0.15, 0.2) is 18.1 Å². The molecule has 2 aromatic carbocycles. The van der Waals surface area contributed by atoms with Crippen LogP contribution in [0.1, 0.15) is 12.5 Å². The van der Waals surface area contributed by atoms with Gasteiger partial charge in [0.25, 0.3) is 5.91 Å². The van der Waals surface area contributed by atoms with E-state index in [0.717, 1.165) is 4.47 Å². The average Bonchev–Trinajstić information content (AvgIpc) is 2.60. The molecular formula is C18H19BrFNO3. The molecule has 24 heavy (non-hydrogen) atoms. The molecule has 1 amide bonds. The zero-order valence-electron chi connectivity index (χ0n) is 13.6. The van der Waals surface area contributed by atoms with Gasteiger partial charge in [-0.2, -0.15) is 0 Å². The molecule has 0 aromatic heterocycles. The van der Waals surface area contributed by atoms with Crippen molar-refractivity contribution in [2.75, 3.05) is 20.3 Å². The van der Waals surface area contributed by atoms with Gasteiger partial charge in [-0.15, -0.1) is 0 Å². The highest BCUT2D eigenvalue weighted by Crippen LogP contribution is 2.25. The summed E-state index contributed by atoms with van der Waals surface area (Å²) in [7, 11) is 1.54. The van der Waals surface area contributed by atoms with Crippen molar-refractivity contribution in [3.63, 3.8) is 0 Å². The molecule has 0 heterocycles. The summed E-state index contributed by atoms with van der Waals surface area (Å²) in [4.78, 5) is 13.9. The summed E-state index contributed by atoms with van der Waals surface area (Å²) in [6.45, 7) is 2.36. The maximum absolute atomic E-state index is 13.9. The number of amides is 1. The number of hydrogen-bond donors (Lipinski definition) is 0. The second-order valence-electron chi connectivity index (χ2n) is 5.08. The fraction of sp³-hybridized carbons (Fsp3) is 0.278. The number of benzene rings is 2. The first-order valence-electron chi connectivity index (χ1n) is 7.52. The highest BCUT2D eigenvalue weighted by molar-refractivity contribution is 9.10. The normalized spacial score (nSPS) is 10.3. The molecule has 2 rings (SSSR count). The van der Waals surface area contributed by atoms with E-state index < -0.39 is 0 Å². The molecule has 0 unspecified atom stereocenters. The van der Waals surface area contributed by atoms with E-state index in [2.05, 4.69) is 15.9 Å². The smallest absolute Gasteiger partial charge is 0.260 e. The van der Waals surface area contributed by atoms with Crippen LogP contribution in [0.15, 0.2) is 46.9 Å². The van der Waals surface area contributed by atoms with Crippen LogP contribution in [0, 0.1) is 5.82 Å². The number of carbonyl (C=O) groups is 1. The van der Waals surface area contributed by atoms with Crippen LogP contribution in [0.4, 0.5) is 4.39 Å². The van der Waals surface area contributed by atoms with Gasteiger partial charge < -0.3 is 14.4 Å². The number of nitrogens with zero attached hydrogens (tertiary/aromatic N) is 1. The van der Waals surface area contributed by atoms with Crippen LogP contribution < -0.4 is 9.47 Å². The Morgan fingerprint density at radius 3 is 2.58 bits per heavy atom. The van der Waals surface area contributed by atoms with Crippen molar-refractivity contribution in [3.05, 3.63) is 58.3 Å². The lowest BCUT2D eigenvalue weighted by atomic mass is 10.2. The number of halogens is 2. The largest absolute Gasteiger partial charge is 0.493 e. The molecule has 0 spiro atoms. The van der Waals surface area contributed by atoms with Crippen molar-refractivity contribution in [2.45, 2.75) is 13.5 Å². The molecule has 0 saturated heterocycles. The lowest BCUT2D eigenvalue weighted by Crippen LogP contribution is -2.34. The number of rotatable bonds is 7. The lowest BCUT2D eigenvalue weighted by Gasteiger charge is -2.22. The molecule has 0 N–H and O–H groups in total. The Kier molecular flexibility index (Phi) is 6.61. The molecule has 0 aliphatic carbocycles. The van der Waals surface area contributed by atoms with Crippen molar-refractivity contribution in [1.29, 1.82) is 0 Å². The molecule has 2 aromatic rings. The number of likely N-dealkylation sites (N-methyl/N-ethyl adjacent to an activating group) is 1. The molecule has 6 heteroatoms. The van der Waals surface area contributed by atoms with Crippen LogP contribution in [0.5, 0.6) is 11.5 Å². The first-order valence-corrected chi connectivity index (χ1v) is 8.32. The van der Waals surface area contributed by atoms with Crippen LogP contribution in [-0.4, -0.2) is 31.1 Å². The van der Waals surface area contributed by atoms with E-state index >= 15 is 0 Å². The quantitative estimate of drug-likeness (QED) is 0.710. The number of ether oxygens (including phenoxy) is 2. The Morgan fingerprint density at radius 2 is 1.92 bits per heavy atom. The Balaban J connectivity index is 2.02. The SMILES string of the molecule is CCN(Cc1cc(Br)ccc1F)C(=O)COc1ccccc1OC. The van der Waals surface area contributed by atoms with Gasteiger partial charge in [-0.3, -0.25) is 4.79 Å². The molecule has 4 nitrogen and oxygen atoms in total. The summed E-state index contributed by atoms with van der Waals surface area (Å²) in [5.41, 5.74) is 0.455. The van der Waals surface area contributed by atoms with Crippen molar-refractivity contribution in [3.8, 4) is 11.5 Å². The Morgan fingerprint density at radius 1 is 1.21 bits per heavy atom. The summed E-state index contributed by atoms with van der Waals surface area (Å²) in [6.07, 6.45) is 0. The number of carbonyl (C=O) groups excluding carboxylic acids is 1. The monoisotopic (exact) mass is 395 g/mol. The molecule has 0 saturated carbocycles. The predicted molar refractivity (Wildman–Crippen MR) is 93.7 cm³/mol. The van der Waals surface area contributed by atoms with Gasteiger partial charge in [0.1, 0.15) is 5.82 Å². The van der Waals surface area contributed by atoms with E-state index in [-0.39, 0.29) is 24.9 Å². The van der Waals surface area contributed by atoms with Gasteiger partial charge >= 0.3 is 0 Å². The highest BCUT2D eigenvalue weighted by Gasteiger charge is 2.16. The molecule has 0 atom stereocenters. The summed E-state index contributed by atoms with van der Waals surface area (Å²) < 4.78 is 25.4. The second kappa shape index (κ2) is 8.68. The first-order chi connectivity index (χ1) is 11.5. The van der Waals surface area contributed by atoms with Crippen LogP contribution in [0.25, 0.3) is 0 Å². The molecule has 0 bridgehead atoms. The highest BCUT2D eigenvalue weighted by atomic mass is 79.9. The van der Waals surface area contributed by atoms with Crippen LogP contribution in [0.3, 0.4) is 0 Å². The van der Waals surface area contributed by atoms with Gasteiger partial charge in [0.2, 0.25) is 0 Å². The standard InChI is InChI=1S/C18H19BrFNO3/c1-3-21(11-13-10-14(19)8-9-15(13)20)18(22)12-24-17-7-5-4-6-16(17)23-2/h4-10H,3,11-12H2,1-2H3. The minimum atomic E-state index is -0.338. The minimum Gasteiger partial charge on any atom is -0.493 e. The molecule has 0 fully saturated rings. The fourth-order valence-corrected chi connectivity index (χ4v) is 2.62. The fourth-order valence-electron chi connectivity index (χ4n) is 2.22. The first kappa shape index (κ1) is 18.3. The van der Waals surface area contributed by atoms with E-state index in [0.29, 0.717) is 23.6 Å². The molecule has 128 valence electrons. The molecular weight excluding hydrogens is 377 g/mol. The van der Waals surface area contributed by atoms with Crippen molar-refractivity contribution in [1.82, 2.24) is 4.90 Å². The third-order valence-electron chi connectivity index (χ3n) is 3.52. The topological polar surface area (TPSA) is 38.8 Å². The van der Waals surface area contributed by atoms with E-state index in [1.807, 2.05) is 13.0 Å². The Labute approximate surface area is 149 Å². The lowest BCUT2D eigenvalue weighted by molar-refractivity contribution is -0.133. The summed E-state index contributed by atoms with van der Waals surface area (Å²) in [6, 6.07) is 11.8. The maximum atomic E-state index is 13.9. The second-order valence-corrected chi connectivity index (χ2v) is 6.00. The van der Waals surface area contributed by atoms with Gasteiger partial charge in [0.05, 0.1) is 7.11 Å². The third-order valence-corrected chi connectivity index (χ3v) is 4.02. The van der Waals surface area contributed by atoms with Gasteiger partial charge in [-0.05, 0) is 37.3 Å². The van der Waals surface area contributed by atoms with Crippen LogP contribution in [0.2, 0.25) is 0 Å². The van der Waals surface area contributed by atoms with Crippen molar-refractivity contribution >= 4 is 21.8 Å². The van der Waals surface area contributed by atoms with E-state index in [4.69, 9.17) is 9.47 Å². The van der Waals surface area contributed by atoms with Gasteiger partial charge in [0, 0.05) is 23.1 Å². The van der Waals surface area contributed by atoms with E-state index in [1.54, 1.807) is 42.3 Å². The van der Waals surface area contributed by atoms with Gasteiger partial charge in [-0.1, -0.05) is 28.1 Å². The molecule has 0 aliphatic heterocycles. The predicted octanol–water partition coefficient (Wildman–Crippen LogP) is 4.02.